The van der Waals surface area contributed by atoms with Crippen molar-refractivity contribution in [2.45, 2.75) is 40.5 Å². The van der Waals surface area contributed by atoms with Gasteiger partial charge in [0.25, 0.3) is 0 Å². The van der Waals surface area contributed by atoms with Crippen LogP contribution >= 0.6 is 15.2 Å². The van der Waals surface area contributed by atoms with Crippen LogP contribution in [0.4, 0.5) is 0 Å². The number of benzene rings is 2. The van der Waals surface area contributed by atoms with E-state index in [1.165, 1.54) is 24.3 Å². The minimum absolute atomic E-state index is 0.114. The van der Waals surface area contributed by atoms with E-state index < -0.39 is 20.6 Å². The van der Waals surface area contributed by atoms with Crippen molar-refractivity contribution in [3.63, 3.8) is 0 Å². The van der Waals surface area contributed by atoms with Gasteiger partial charge in [0.05, 0.1) is 33.5 Å². The van der Waals surface area contributed by atoms with E-state index in [1.54, 1.807) is 52.0 Å². The minimum atomic E-state index is -4.42. The number of aliphatic imine (C=N–C) groups is 2. The first kappa shape index (κ1) is 32.2. The van der Waals surface area contributed by atoms with E-state index in [0.29, 0.717) is 35.7 Å². The first-order valence-electron chi connectivity index (χ1n) is 11.8. The van der Waals surface area contributed by atoms with Gasteiger partial charge in [0.2, 0.25) is 0 Å². The van der Waals surface area contributed by atoms with Crippen molar-refractivity contribution < 1.29 is 39.1 Å². The monoisotopic (exact) mass is 580 g/mol. The van der Waals surface area contributed by atoms with Crippen molar-refractivity contribution in [1.29, 1.82) is 0 Å². The zero-order valence-electron chi connectivity index (χ0n) is 22.1. The average Bonchev–Trinajstić information content (AvgIpc) is 2.89. The maximum absolute atomic E-state index is 11.6. The van der Waals surface area contributed by atoms with Crippen molar-refractivity contribution in [2.75, 3.05) is 13.1 Å². The normalized spacial score (nSPS) is 14.6. The third-order valence-electron chi connectivity index (χ3n) is 6.35. The molecule has 0 unspecified atom stereocenters. The highest BCUT2D eigenvalue weighted by Gasteiger charge is 2.32. The van der Waals surface area contributed by atoms with Crippen molar-refractivity contribution in [3.05, 3.63) is 59.7 Å². The van der Waals surface area contributed by atoms with Crippen LogP contribution in [0.25, 0.3) is 0 Å². The van der Waals surface area contributed by atoms with E-state index in [4.69, 9.17) is 0 Å². The topological polar surface area (TPSA) is 205 Å². The largest absolute Gasteiger partial charge is 0.411 e. The number of hydrogen-bond acceptors (Lipinski definition) is 8. The molecular weight excluding hydrogens is 546 g/mol. The molecule has 0 aliphatic heterocycles. The van der Waals surface area contributed by atoms with E-state index in [0.717, 1.165) is 11.1 Å². The fraction of sp³-hybridized carbons (Fsp3) is 0.360. The van der Waals surface area contributed by atoms with Crippen LogP contribution in [-0.2, 0) is 22.0 Å². The smallest absolute Gasteiger partial charge is 0.356 e. The predicted molar refractivity (Wildman–Crippen MR) is 152 cm³/mol. The lowest BCUT2D eigenvalue weighted by Crippen LogP contribution is -2.35. The van der Waals surface area contributed by atoms with Crippen LogP contribution in [0.5, 0.6) is 0 Å². The Morgan fingerprint density at radius 3 is 1.18 bits per heavy atom. The summed E-state index contributed by atoms with van der Waals surface area (Å²) in [6.45, 7) is 6.98. The molecule has 39 heavy (non-hydrogen) atoms. The Kier molecular flexibility index (Phi) is 11.1. The molecule has 0 saturated carbocycles. The molecule has 0 heterocycles. The van der Waals surface area contributed by atoms with Crippen molar-refractivity contribution >= 4 is 48.6 Å². The van der Waals surface area contributed by atoms with Gasteiger partial charge < -0.3 is 30.0 Å². The van der Waals surface area contributed by atoms with E-state index in [2.05, 4.69) is 20.3 Å². The van der Waals surface area contributed by atoms with Crippen LogP contribution < -0.4 is 10.6 Å². The lowest BCUT2D eigenvalue weighted by Gasteiger charge is -2.32. The molecule has 2 aromatic rings. The van der Waals surface area contributed by atoms with Crippen molar-refractivity contribution in [2.24, 2.45) is 25.7 Å². The van der Waals surface area contributed by atoms with Gasteiger partial charge in [0.1, 0.15) is 0 Å². The lowest BCUT2D eigenvalue weighted by atomic mass is 9.76. The van der Waals surface area contributed by atoms with Crippen LogP contribution in [0.15, 0.2) is 68.8 Å². The van der Waals surface area contributed by atoms with E-state index in [9.17, 15) is 39.1 Å². The summed E-state index contributed by atoms with van der Waals surface area (Å²) in [5.74, 6) is 0. The SMILES string of the molecule is CC(=NCC(CN=C(C)/C(C)=N/O)(Cc1ccc(P(=O)(O)O)cc1)Cc1ccc(P(=O)(O)O)cc1)/C(C)=N\O. The Morgan fingerprint density at radius 2 is 0.923 bits per heavy atom. The van der Waals surface area contributed by atoms with E-state index in [-0.39, 0.29) is 23.7 Å². The molecule has 0 atom stereocenters. The summed E-state index contributed by atoms with van der Waals surface area (Å²) in [6.07, 6.45) is 0.708. The summed E-state index contributed by atoms with van der Waals surface area (Å²) in [4.78, 5) is 47.2. The van der Waals surface area contributed by atoms with Gasteiger partial charge in [-0.3, -0.25) is 19.1 Å². The number of nitrogens with zero attached hydrogens (tertiary/aromatic N) is 4. The summed E-state index contributed by atoms with van der Waals surface area (Å²) >= 11 is 0. The van der Waals surface area contributed by atoms with Crippen LogP contribution in [0.1, 0.15) is 38.8 Å². The Morgan fingerprint density at radius 1 is 0.615 bits per heavy atom. The third kappa shape index (κ3) is 9.61. The number of rotatable bonds is 12. The standard InChI is InChI=1S/C25H34N4O8P2/c1-17(19(3)28-30)26-15-25(16-27-18(2)20(4)29-31,13-21-5-9-23(10-6-21)38(32,33)34)14-22-7-11-24(12-8-22)39(35,36)37/h5-12,30-31H,13-16H2,1-4H3,(H2,32,33,34)(H2,35,36,37)/b26-17?,27-18?,28-19-,29-20+. The third-order valence-corrected chi connectivity index (χ3v) is 8.30. The van der Waals surface area contributed by atoms with Gasteiger partial charge in [-0.25, -0.2) is 0 Å². The molecule has 0 spiro atoms. The lowest BCUT2D eigenvalue weighted by molar-refractivity contribution is 0.306. The Bertz CT molecular complexity index is 1250. The Balaban J connectivity index is 2.64. The quantitative estimate of drug-likeness (QED) is 0.0950. The molecule has 0 aliphatic rings. The van der Waals surface area contributed by atoms with Crippen LogP contribution in [-0.4, -0.2) is 65.9 Å². The Hall–Kier alpha value is -2.98. The summed E-state index contributed by atoms with van der Waals surface area (Å²) in [5.41, 5.74) is 2.38. The molecule has 0 aliphatic carbocycles. The summed E-state index contributed by atoms with van der Waals surface area (Å²) in [7, 11) is -8.85. The first-order valence-corrected chi connectivity index (χ1v) is 15.0. The molecule has 6 N–H and O–H groups in total. The molecule has 0 amide bonds. The number of oxime groups is 2. The second kappa shape index (κ2) is 13.4. The Labute approximate surface area is 226 Å². The maximum Gasteiger partial charge on any atom is 0.356 e. The fourth-order valence-corrected chi connectivity index (χ4v) is 4.84. The predicted octanol–water partition coefficient (Wildman–Crippen LogP) is 2.69. The van der Waals surface area contributed by atoms with E-state index >= 15 is 0 Å². The van der Waals surface area contributed by atoms with Crippen LogP contribution in [0, 0.1) is 5.41 Å². The highest BCUT2D eigenvalue weighted by molar-refractivity contribution is 7.60. The average molecular weight is 581 g/mol. The van der Waals surface area contributed by atoms with Crippen molar-refractivity contribution in [1.82, 2.24) is 0 Å². The van der Waals surface area contributed by atoms with Gasteiger partial charge in [-0.05, 0) is 75.9 Å². The molecule has 14 heteroatoms. The second-order valence-corrected chi connectivity index (χ2v) is 12.7. The number of hydrogen-bond donors (Lipinski definition) is 6. The van der Waals surface area contributed by atoms with Crippen molar-refractivity contribution in [3.8, 4) is 0 Å². The molecule has 2 aromatic carbocycles. The minimum Gasteiger partial charge on any atom is -0.411 e. The van der Waals surface area contributed by atoms with Gasteiger partial charge >= 0.3 is 15.2 Å². The molecule has 0 radical (unpaired) electrons. The molecule has 0 aromatic heterocycles. The molecule has 212 valence electrons. The fourth-order valence-electron chi connectivity index (χ4n) is 3.76. The van der Waals surface area contributed by atoms with Gasteiger partial charge in [-0.15, -0.1) is 0 Å². The molecular formula is C25H34N4O8P2. The first-order chi connectivity index (χ1) is 18.1. The van der Waals surface area contributed by atoms with Gasteiger partial charge in [0, 0.05) is 18.5 Å². The summed E-state index contributed by atoms with van der Waals surface area (Å²) < 4.78 is 23.3. The second-order valence-electron chi connectivity index (χ2n) is 9.45. The van der Waals surface area contributed by atoms with Crippen LogP contribution in [0.3, 0.4) is 0 Å². The van der Waals surface area contributed by atoms with Gasteiger partial charge in [0.15, 0.2) is 0 Å². The summed E-state index contributed by atoms with van der Waals surface area (Å²) in [5, 5.41) is 24.5. The molecule has 0 bridgehead atoms. The van der Waals surface area contributed by atoms with Gasteiger partial charge in [-0.2, -0.15) is 0 Å². The highest BCUT2D eigenvalue weighted by atomic mass is 31.2. The molecule has 0 fully saturated rings. The molecule has 12 nitrogen and oxygen atoms in total. The molecule has 0 saturated heterocycles. The van der Waals surface area contributed by atoms with E-state index in [1.807, 2.05) is 0 Å². The molecule has 2 rings (SSSR count). The highest BCUT2D eigenvalue weighted by Crippen LogP contribution is 2.36. The maximum atomic E-state index is 11.6. The zero-order chi connectivity index (χ0) is 29.4. The zero-order valence-corrected chi connectivity index (χ0v) is 23.9. The summed E-state index contributed by atoms with van der Waals surface area (Å²) in [6, 6.07) is 11.9. The van der Waals surface area contributed by atoms with Crippen LogP contribution in [0.2, 0.25) is 0 Å². The van der Waals surface area contributed by atoms with Gasteiger partial charge in [-0.1, -0.05) is 34.6 Å².